The summed E-state index contributed by atoms with van der Waals surface area (Å²) in [6.45, 7) is 5.61. The Hall–Kier alpha value is -2.28. The maximum absolute atomic E-state index is 13.1. The molecule has 0 spiro atoms. The van der Waals surface area contributed by atoms with Crippen molar-refractivity contribution in [3.05, 3.63) is 52.5 Å². The van der Waals surface area contributed by atoms with Crippen molar-refractivity contribution in [2.75, 3.05) is 42.6 Å². The second-order valence-corrected chi connectivity index (χ2v) is 8.31. The van der Waals surface area contributed by atoms with Crippen molar-refractivity contribution in [1.82, 2.24) is 0 Å². The third-order valence-corrected chi connectivity index (χ3v) is 6.46. The molecule has 1 N–H and O–H groups in total. The Morgan fingerprint density at radius 2 is 1.67 bits per heavy atom. The molecule has 30 heavy (non-hydrogen) atoms. The number of quaternary nitrogens is 1. The largest absolute Gasteiger partial charge is 0.494 e. The van der Waals surface area contributed by atoms with E-state index in [1.807, 2.05) is 19.1 Å². The van der Waals surface area contributed by atoms with Gasteiger partial charge in [-0.1, -0.05) is 23.2 Å². The molecule has 158 valence electrons. The molecular weight excluding hydrogens is 425 g/mol. The first-order chi connectivity index (χ1) is 14.5. The molecule has 2 saturated heterocycles. The highest BCUT2D eigenvalue weighted by atomic mass is 35.5. The van der Waals surface area contributed by atoms with E-state index in [9.17, 15) is 9.59 Å². The molecule has 0 radical (unpaired) electrons. The van der Waals surface area contributed by atoms with Gasteiger partial charge in [0.15, 0.2) is 6.04 Å². The summed E-state index contributed by atoms with van der Waals surface area (Å²) in [7, 11) is 0. The molecule has 0 aromatic heterocycles. The minimum absolute atomic E-state index is 0.123. The van der Waals surface area contributed by atoms with E-state index in [0.29, 0.717) is 22.3 Å². The zero-order valence-corrected chi connectivity index (χ0v) is 18.2. The van der Waals surface area contributed by atoms with E-state index in [-0.39, 0.29) is 24.3 Å². The highest BCUT2D eigenvalue weighted by Crippen LogP contribution is 2.28. The molecular formula is C22H24Cl2N3O3+. The van der Waals surface area contributed by atoms with Gasteiger partial charge in [-0.3, -0.25) is 9.59 Å². The van der Waals surface area contributed by atoms with Crippen LogP contribution in [-0.4, -0.2) is 50.6 Å². The first kappa shape index (κ1) is 21.0. The number of nitrogens with zero attached hydrogens (tertiary/aromatic N) is 2. The van der Waals surface area contributed by atoms with Crippen molar-refractivity contribution in [3.8, 4) is 5.75 Å². The molecule has 0 bridgehead atoms. The summed E-state index contributed by atoms with van der Waals surface area (Å²) in [6.07, 6.45) is 0.244. The van der Waals surface area contributed by atoms with E-state index in [4.69, 9.17) is 27.9 Å². The summed E-state index contributed by atoms with van der Waals surface area (Å²) >= 11 is 12.2. The van der Waals surface area contributed by atoms with Crippen LogP contribution in [0.15, 0.2) is 42.5 Å². The molecule has 0 unspecified atom stereocenters. The number of halogens is 2. The average molecular weight is 449 g/mol. The molecule has 2 aliphatic heterocycles. The van der Waals surface area contributed by atoms with Crippen molar-refractivity contribution in [1.29, 1.82) is 0 Å². The van der Waals surface area contributed by atoms with Crippen molar-refractivity contribution in [3.63, 3.8) is 0 Å². The van der Waals surface area contributed by atoms with E-state index in [1.54, 1.807) is 30.3 Å². The Balaban J connectivity index is 1.41. The van der Waals surface area contributed by atoms with Gasteiger partial charge in [0.1, 0.15) is 5.75 Å². The minimum atomic E-state index is -0.333. The number of carbonyl (C=O) groups excluding carboxylic acids is 2. The molecule has 1 atom stereocenters. The number of anilines is 2. The fourth-order valence-electron chi connectivity index (χ4n) is 4.16. The van der Waals surface area contributed by atoms with Crippen molar-refractivity contribution in [2.24, 2.45) is 0 Å². The standard InChI is InChI=1S/C22H23Cl2N3O3/c1-2-30-17-6-3-15(4-7-17)27-21(28)14-20(22(27)29)26-11-9-25(10-12-26)16-5-8-18(23)19(24)13-16/h3-8,13,20H,2,9-12,14H2,1H3/p+1/t20-/m1/s1. The van der Waals surface area contributed by atoms with Crippen LogP contribution in [-0.2, 0) is 9.59 Å². The Bertz CT molecular complexity index is 943. The SMILES string of the molecule is CCOc1ccc(N2C(=O)C[C@@H]([NH+]3CCN(c4ccc(Cl)c(Cl)c4)CC3)C2=O)cc1. The molecule has 4 rings (SSSR count). The second kappa shape index (κ2) is 8.84. The summed E-state index contributed by atoms with van der Waals surface area (Å²) in [5.41, 5.74) is 1.62. The third kappa shape index (κ3) is 4.13. The predicted octanol–water partition coefficient (Wildman–Crippen LogP) is 2.43. The average Bonchev–Trinajstić information content (AvgIpc) is 3.05. The quantitative estimate of drug-likeness (QED) is 0.713. The molecule has 8 heteroatoms. The molecule has 2 aromatic rings. The lowest BCUT2D eigenvalue weighted by atomic mass is 10.1. The Morgan fingerprint density at radius 3 is 2.30 bits per heavy atom. The maximum atomic E-state index is 13.1. The second-order valence-electron chi connectivity index (χ2n) is 7.49. The topological polar surface area (TPSA) is 54.3 Å². The van der Waals surface area contributed by atoms with E-state index in [2.05, 4.69) is 4.90 Å². The van der Waals surface area contributed by atoms with Gasteiger partial charge in [0.2, 0.25) is 5.91 Å². The monoisotopic (exact) mass is 448 g/mol. The van der Waals surface area contributed by atoms with Gasteiger partial charge in [-0.25, -0.2) is 4.90 Å². The fraction of sp³-hybridized carbons (Fsp3) is 0.364. The predicted molar refractivity (Wildman–Crippen MR) is 118 cm³/mol. The van der Waals surface area contributed by atoms with Gasteiger partial charge in [0, 0.05) is 5.69 Å². The first-order valence-electron chi connectivity index (χ1n) is 10.1. The van der Waals surface area contributed by atoms with Gasteiger partial charge in [0.25, 0.3) is 5.91 Å². The number of piperazine rings is 1. The number of ether oxygens (including phenoxy) is 1. The van der Waals surface area contributed by atoms with Crippen molar-refractivity contribution < 1.29 is 19.2 Å². The highest BCUT2D eigenvalue weighted by molar-refractivity contribution is 6.42. The number of hydrogen-bond acceptors (Lipinski definition) is 4. The number of carbonyl (C=O) groups is 2. The smallest absolute Gasteiger partial charge is 0.292 e. The molecule has 0 aliphatic carbocycles. The molecule has 2 heterocycles. The minimum Gasteiger partial charge on any atom is -0.494 e. The fourth-order valence-corrected chi connectivity index (χ4v) is 4.45. The third-order valence-electron chi connectivity index (χ3n) is 5.72. The Labute approximate surface area is 185 Å². The van der Waals surface area contributed by atoms with Crippen LogP contribution in [0.1, 0.15) is 13.3 Å². The van der Waals surface area contributed by atoms with E-state index in [0.717, 1.165) is 42.5 Å². The summed E-state index contributed by atoms with van der Waals surface area (Å²) in [6, 6.07) is 12.4. The zero-order valence-electron chi connectivity index (χ0n) is 16.7. The van der Waals surface area contributed by atoms with Gasteiger partial charge in [0.05, 0.1) is 54.9 Å². The maximum Gasteiger partial charge on any atom is 0.292 e. The number of hydrogen-bond donors (Lipinski definition) is 1. The molecule has 6 nitrogen and oxygen atoms in total. The number of nitrogens with one attached hydrogen (secondary N) is 1. The first-order valence-corrected chi connectivity index (χ1v) is 10.9. The molecule has 2 fully saturated rings. The van der Waals surface area contributed by atoms with Crippen LogP contribution >= 0.6 is 23.2 Å². The van der Waals surface area contributed by atoms with Crippen molar-refractivity contribution >= 4 is 46.4 Å². The summed E-state index contributed by atoms with van der Waals surface area (Å²) in [4.78, 5) is 30.4. The van der Waals surface area contributed by atoms with Gasteiger partial charge in [-0.15, -0.1) is 0 Å². The normalized spacial score (nSPS) is 20.2. The van der Waals surface area contributed by atoms with Crippen LogP contribution < -0.4 is 19.4 Å². The number of amides is 2. The Morgan fingerprint density at radius 1 is 1.00 bits per heavy atom. The van der Waals surface area contributed by atoms with Gasteiger partial charge in [-0.2, -0.15) is 0 Å². The van der Waals surface area contributed by atoms with Crippen LogP contribution in [0, 0.1) is 0 Å². The summed E-state index contributed by atoms with van der Waals surface area (Å²) < 4.78 is 5.44. The number of benzene rings is 2. The Kier molecular flexibility index (Phi) is 6.18. The van der Waals surface area contributed by atoms with E-state index < -0.39 is 0 Å². The van der Waals surface area contributed by atoms with Crippen LogP contribution in [0.25, 0.3) is 0 Å². The van der Waals surface area contributed by atoms with Gasteiger partial charge >= 0.3 is 0 Å². The van der Waals surface area contributed by atoms with Crippen LogP contribution in [0.2, 0.25) is 10.0 Å². The molecule has 2 aliphatic rings. The summed E-state index contributed by atoms with van der Waals surface area (Å²) in [5, 5.41) is 1.07. The molecule has 2 amide bonds. The van der Waals surface area contributed by atoms with Crippen molar-refractivity contribution in [2.45, 2.75) is 19.4 Å². The molecule has 0 saturated carbocycles. The van der Waals surface area contributed by atoms with Gasteiger partial charge in [-0.05, 0) is 49.4 Å². The van der Waals surface area contributed by atoms with Gasteiger partial charge < -0.3 is 14.5 Å². The zero-order chi connectivity index (χ0) is 21.3. The van der Waals surface area contributed by atoms with Crippen LogP contribution in [0.4, 0.5) is 11.4 Å². The molecule has 2 aromatic carbocycles. The lowest BCUT2D eigenvalue weighted by Gasteiger charge is -2.35. The highest BCUT2D eigenvalue weighted by Gasteiger charge is 2.46. The van der Waals surface area contributed by atoms with E-state index in [1.165, 1.54) is 4.90 Å². The van der Waals surface area contributed by atoms with Crippen LogP contribution in [0.3, 0.4) is 0 Å². The lowest BCUT2D eigenvalue weighted by molar-refractivity contribution is -0.915. The number of imide groups is 1. The van der Waals surface area contributed by atoms with E-state index >= 15 is 0 Å². The summed E-state index contributed by atoms with van der Waals surface area (Å²) in [5.74, 6) is 0.455. The number of rotatable bonds is 5. The van der Waals surface area contributed by atoms with Crippen LogP contribution in [0.5, 0.6) is 5.75 Å². The lowest BCUT2D eigenvalue weighted by Crippen LogP contribution is -3.19.